The van der Waals surface area contributed by atoms with Crippen LogP contribution in [0.4, 0.5) is 10.1 Å². The lowest BCUT2D eigenvalue weighted by Gasteiger charge is -2.41. The van der Waals surface area contributed by atoms with E-state index < -0.39 is 34.2 Å². The number of non-ortho nitro benzene ring substituents is 1. The van der Waals surface area contributed by atoms with Crippen LogP contribution in [0.15, 0.2) is 18.2 Å². The number of carboxylic acid groups (broad SMARTS) is 1. The van der Waals surface area contributed by atoms with E-state index in [9.17, 15) is 24.1 Å². The van der Waals surface area contributed by atoms with E-state index in [-0.39, 0.29) is 24.6 Å². The SMILES string of the molecule is CC(C(=O)O)C1CN(C(=O)c2ccc([N+](=O)[O-])cc2F)C1. The van der Waals surface area contributed by atoms with E-state index in [2.05, 4.69) is 0 Å². The van der Waals surface area contributed by atoms with Crippen LogP contribution in [-0.2, 0) is 4.79 Å². The Morgan fingerprint density at radius 1 is 1.48 bits per heavy atom. The van der Waals surface area contributed by atoms with E-state index in [4.69, 9.17) is 5.11 Å². The number of carboxylic acids is 1. The Balaban J connectivity index is 2.06. The molecule has 1 unspecified atom stereocenters. The lowest BCUT2D eigenvalue weighted by Crippen LogP contribution is -2.53. The van der Waals surface area contributed by atoms with Gasteiger partial charge in [-0.05, 0) is 6.07 Å². The molecule has 0 aliphatic carbocycles. The molecule has 8 heteroatoms. The van der Waals surface area contributed by atoms with Crippen LogP contribution in [0.25, 0.3) is 0 Å². The summed E-state index contributed by atoms with van der Waals surface area (Å²) in [6.07, 6.45) is 0. The van der Waals surface area contributed by atoms with E-state index in [0.29, 0.717) is 6.07 Å². The molecule has 0 radical (unpaired) electrons. The first-order valence-electron chi connectivity index (χ1n) is 6.27. The van der Waals surface area contributed by atoms with Gasteiger partial charge in [-0.25, -0.2) is 4.39 Å². The number of nitro benzene ring substituents is 1. The van der Waals surface area contributed by atoms with Crippen LogP contribution in [-0.4, -0.2) is 39.9 Å². The zero-order chi connectivity index (χ0) is 15.7. The molecule has 0 aromatic heterocycles. The van der Waals surface area contributed by atoms with Gasteiger partial charge >= 0.3 is 5.97 Å². The van der Waals surface area contributed by atoms with Crippen molar-refractivity contribution < 1.29 is 24.0 Å². The highest BCUT2D eigenvalue weighted by atomic mass is 19.1. The molecule has 1 aliphatic rings. The number of nitro groups is 1. The molecule has 1 saturated heterocycles. The second-order valence-corrected chi connectivity index (χ2v) is 5.02. The van der Waals surface area contributed by atoms with Crippen molar-refractivity contribution in [3.63, 3.8) is 0 Å². The Bertz CT molecular complexity index is 613. The summed E-state index contributed by atoms with van der Waals surface area (Å²) in [5, 5.41) is 19.4. The lowest BCUT2D eigenvalue weighted by atomic mass is 9.86. The number of carbonyl (C=O) groups is 2. The number of likely N-dealkylation sites (tertiary alicyclic amines) is 1. The highest BCUT2D eigenvalue weighted by molar-refractivity contribution is 5.95. The molecular weight excluding hydrogens is 283 g/mol. The largest absolute Gasteiger partial charge is 0.481 e. The fraction of sp³-hybridized carbons (Fsp3) is 0.385. The second kappa shape index (κ2) is 5.47. The second-order valence-electron chi connectivity index (χ2n) is 5.02. The maximum absolute atomic E-state index is 13.7. The van der Waals surface area contributed by atoms with Crippen molar-refractivity contribution in [3.8, 4) is 0 Å². The molecule has 2 rings (SSSR count). The smallest absolute Gasteiger partial charge is 0.306 e. The van der Waals surface area contributed by atoms with Gasteiger partial charge in [-0.3, -0.25) is 19.7 Å². The molecule has 1 heterocycles. The summed E-state index contributed by atoms with van der Waals surface area (Å²) in [7, 11) is 0. The third kappa shape index (κ3) is 2.83. The third-order valence-corrected chi connectivity index (χ3v) is 3.69. The molecule has 1 atom stereocenters. The number of amides is 1. The number of carbonyl (C=O) groups excluding carboxylic acids is 1. The summed E-state index contributed by atoms with van der Waals surface area (Å²) < 4.78 is 13.7. The fourth-order valence-corrected chi connectivity index (χ4v) is 2.16. The quantitative estimate of drug-likeness (QED) is 0.670. The number of halogens is 1. The molecule has 0 spiro atoms. The minimum atomic E-state index is -0.955. The summed E-state index contributed by atoms with van der Waals surface area (Å²) >= 11 is 0. The minimum absolute atomic E-state index is 0.160. The van der Waals surface area contributed by atoms with Gasteiger partial charge in [-0.2, -0.15) is 0 Å². The van der Waals surface area contributed by atoms with Gasteiger partial charge in [0.25, 0.3) is 11.6 Å². The summed E-state index contributed by atoms with van der Waals surface area (Å²) in [6, 6.07) is 2.83. The van der Waals surface area contributed by atoms with E-state index in [1.165, 1.54) is 4.90 Å². The highest BCUT2D eigenvalue weighted by Crippen LogP contribution is 2.27. The van der Waals surface area contributed by atoms with E-state index >= 15 is 0 Å². The number of hydrogen-bond acceptors (Lipinski definition) is 4. The average molecular weight is 296 g/mol. The van der Waals surface area contributed by atoms with E-state index in [0.717, 1.165) is 12.1 Å². The highest BCUT2D eigenvalue weighted by Gasteiger charge is 2.38. The van der Waals surface area contributed by atoms with Gasteiger partial charge in [0.2, 0.25) is 0 Å². The van der Waals surface area contributed by atoms with Crippen LogP contribution in [0.5, 0.6) is 0 Å². The van der Waals surface area contributed by atoms with Crippen molar-refractivity contribution in [2.75, 3.05) is 13.1 Å². The van der Waals surface area contributed by atoms with Crippen molar-refractivity contribution >= 4 is 17.6 Å². The summed E-state index contributed by atoms with van der Waals surface area (Å²) in [6.45, 7) is 2.03. The van der Waals surface area contributed by atoms with Gasteiger partial charge < -0.3 is 10.0 Å². The first kappa shape index (κ1) is 14.9. The number of rotatable bonds is 4. The van der Waals surface area contributed by atoms with Crippen molar-refractivity contribution in [1.82, 2.24) is 4.90 Å². The van der Waals surface area contributed by atoms with Gasteiger partial charge in [0, 0.05) is 25.1 Å². The van der Waals surface area contributed by atoms with Gasteiger partial charge in [0.1, 0.15) is 5.82 Å². The first-order valence-corrected chi connectivity index (χ1v) is 6.27. The predicted molar refractivity (Wildman–Crippen MR) is 69.2 cm³/mol. The molecule has 1 N–H and O–H groups in total. The fourth-order valence-electron chi connectivity index (χ4n) is 2.16. The van der Waals surface area contributed by atoms with Crippen molar-refractivity contribution in [1.29, 1.82) is 0 Å². The molecule has 0 bridgehead atoms. The Morgan fingerprint density at radius 2 is 2.10 bits per heavy atom. The van der Waals surface area contributed by atoms with Gasteiger partial charge in [-0.1, -0.05) is 6.92 Å². The normalized spacial score (nSPS) is 16.2. The zero-order valence-corrected chi connectivity index (χ0v) is 11.2. The van der Waals surface area contributed by atoms with Crippen LogP contribution < -0.4 is 0 Å². The van der Waals surface area contributed by atoms with Gasteiger partial charge in [0.15, 0.2) is 0 Å². The molecule has 1 aromatic rings. The van der Waals surface area contributed by atoms with Gasteiger partial charge in [-0.15, -0.1) is 0 Å². The summed E-state index contributed by atoms with van der Waals surface area (Å²) in [4.78, 5) is 33.9. The van der Waals surface area contributed by atoms with E-state index in [1.807, 2.05) is 0 Å². The topological polar surface area (TPSA) is 101 Å². The minimum Gasteiger partial charge on any atom is -0.481 e. The van der Waals surface area contributed by atoms with Crippen LogP contribution in [0.1, 0.15) is 17.3 Å². The molecule has 7 nitrogen and oxygen atoms in total. The maximum Gasteiger partial charge on any atom is 0.306 e. The molecule has 1 fully saturated rings. The first-order chi connectivity index (χ1) is 9.81. The molecule has 21 heavy (non-hydrogen) atoms. The third-order valence-electron chi connectivity index (χ3n) is 3.69. The van der Waals surface area contributed by atoms with Crippen molar-refractivity contribution in [3.05, 3.63) is 39.7 Å². The Morgan fingerprint density at radius 3 is 2.57 bits per heavy atom. The molecule has 1 amide bonds. The number of nitrogens with zero attached hydrogens (tertiary/aromatic N) is 2. The van der Waals surface area contributed by atoms with Gasteiger partial charge in [0.05, 0.1) is 22.5 Å². The molecule has 1 aliphatic heterocycles. The predicted octanol–water partition coefficient (Wildman–Crippen LogP) is 1.53. The van der Waals surface area contributed by atoms with E-state index in [1.54, 1.807) is 6.92 Å². The number of aliphatic carboxylic acids is 1. The molecule has 1 aromatic carbocycles. The Kier molecular flexibility index (Phi) is 3.88. The molecule has 112 valence electrons. The summed E-state index contributed by atoms with van der Waals surface area (Å²) in [5.74, 6) is -3.21. The number of hydrogen-bond donors (Lipinski definition) is 1. The van der Waals surface area contributed by atoms with Crippen LogP contribution in [0.3, 0.4) is 0 Å². The standard InChI is InChI=1S/C13H13FN2O5/c1-7(13(18)19)8-5-15(6-8)12(17)10-3-2-9(16(20)21)4-11(10)14/h2-4,7-8H,5-6H2,1H3,(H,18,19). The average Bonchev–Trinajstić information content (AvgIpc) is 2.36. The Labute approximate surface area is 119 Å². The number of benzene rings is 1. The monoisotopic (exact) mass is 296 g/mol. The zero-order valence-electron chi connectivity index (χ0n) is 11.2. The lowest BCUT2D eigenvalue weighted by molar-refractivity contribution is -0.385. The van der Waals surface area contributed by atoms with Crippen molar-refractivity contribution in [2.24, 2.45) is 11.8 Å². The maximum atomic E-state index is 13.7. The molecule has 0 saturated carbocycles. The van der Waals surface area contributed by atoms with Crippen LogP contribution in [0.2, 0.25) is 0 Å². The summed E-state index contributed by atoms with van der Waals surface area (Å²) in [5.41, 5.74) is -0.674. The van der Waals surface area contributed by atoms with Crippen molar-refractivity contribution in [2.45, 2.75) is 6.92 Å². The molecular formula is C13H13FN2O5. The van der Waals surface area contributed by atoms with Crippen LogP contribution in [0, 0.1) is 27.8 Å². The Hall–Kier alpha value is -2.51. The van der Waals surface area contributed by atoms with Crippen LogP contribution >= 0.6 is 0 Å².